The lowest BCUT2D eigenvalue weighted by atomic mass is 9.98. The minimum atomic E-state index is -1.16. The van der Waals surface area contributed by atoms with Gasteiger partial charge in [-0.05, 0) is 40.3 Å². The zero-order chi connectivity index (χ0) is 22.7. The van der Waals surface area contributed by atoms with Crippen LogP contribution in [0, 0.1) is 11.6 Å². The number of alkyl carbamates (subject to hydrolysis) is 1. The van der Waals surface area contributed by atoms with Gasteiger partial charge in [0.2, 0.25) is 0 Å². The van der Waals surface area contributed by atoms with E-state index in [0.717, 1.165) is 34.4 Å². The third kappa shape index (κ3) is 4.61. The van der Waals surface area contributed by atoms with Crippen LogP contribution in [0.25, 0.3) is 11.1 Å². The van der Waals surface area contributed by atoms with Crippen molar-refractivity contribution >= 4 is 12.1 Å². The summed E-state index contributed by atoms with van der Waals surface area (Å²) in [6.45, 7) is 0.0740. The van der Waals surface area contributed by atoms with E-state index < -0.39 is 36.2 Å². The molecule has 0 fully saturated rings. The summed E-state index contributed by atoms with van der Waals surface area (Å²) in [5, 5.41) is 11.7. The van der Waals surface area contributed by atoms with E-state index >= 15 is 0 Å². The number of carboxylic acid groups (broad SMARTS) is 1. The monoisotopic (exact) mass is 437 g/mol. The van der Waals surface area contributed by atoms with Gasteiger partial charge < -0.3 is 15.2 Å². The highest BCUT2D eigenvalue weighted by Gasteiger charge is 2.29. The van der Waals surface area contributed by atoms with Crippen LogP contribution in [0.15, 0.2) is 66.7 Å². The molecule has 1 aliphatic carbocycles. The van der Waals surface area contributed by atoms with Gasteiger partial charge in [-0.2, -0.15) is 0 Å². The zero-order valence-electron chi connectivity index (χ0n) is 17.1. The number of ether oxygens (including phenoxy) is 1. The summed E-state index contributed by atoms with van der Waals surface area (Å²) in [6.07, 6.45) is -1.33. The quantitative estimate of drug-likeness (QED) is 0.552. The van der Waals surface area contributed by atoms with Crippen molar-refractivity contribution < 1.29 is 28.2 Å². The largest absolute Gasteiger partial charge is 0.481 e. The maximum Gasteiger partial charge on any atom is 0.407 e. The number of carbonyl (C=O) groups is 2. The average Bonchev–Trinajstić information content (AvgIpc) is 3.07. The number of benzene rings is 3. The van der Waals surface area contributed by atoms with E-state index in [1.54, 1.807) is 0 Å². The molecule has 0 aromatic heterocycles. The van der Waals surface area contributed by atoms with Crippen molar-refractivity contribution in [3.8, 4) is 11.1 Å². The van der Waals surface area contributed by atoms with Crippen LogP contribution in [-0.2, 0) is 16.0 Å². The van der Waals surface area contributed by atoms with Crippen molar-refractivity contribution in [2.45, 2.75) is 24.8 Å². The van der Waals surface area contributed by atoms with Crippen molar-refractivity contribution in [2.24, 2.45) is 0 Å². The van der Waals surface area contributed by atoms with E-state index in [1.807, 2.05) is 48.5 Å². The number of fused-ring (bicyclic) bond motifs is 3. The van der Waals surface area contributed by atoms with Gasteiger partial charge in [0, 0.05) is 18.0 Å². The predicted molar refractivity (Wildman–Crippen MR) is 114 cm³/mol. The maximum atomic E-state index is 14.0. The number of carbonyl (C=O) groups excluding carboxylic acids is 1. The fourth-order valence-electron chi connectivity index (χ4n) is 4.14. The topological polar surface area (TPSA) is 75.6 Å². The molecule has 0 saturated carbocycles. The Balaban J connectivity index is 1.44. The Labute approximate surface area is 183 Å². The van der Waals surface area contributed by atoms with Crippen molar-refractivity contribution in [1.82, 2.24) is 5.32 Å². The molecule has 0 heterocycles. The SMILES string of the molecule is O=C(O)C[C@H](Cc1ccc(F)cc1F)NC(=O)OCC1c2ccccc2-c2ccccc21. The summed E-state index contributed by atoms with van der Waals surface area (Å²) in [5.74, 6) is -2.82. The van der Waals surface area contributed by atoms with Crippen LogP contribution in [0.1, 0.15) is 29.0 Å². The molecule has 3 aromatic carbocycles. The van der Waals surface area contributed by atoms with Gasteiger partial charge in [-0.1, -0.05) is 54.6 Å². The average molecular weight is 437 g/mol. The second kappa shape index (κ2) is 9.18. The summed E-state index contributed by atoms with van der Waals surface area (Å²) < 4.78 is 32.6. The summed E-state index contributed by atoms with van der Waals surface area (Å²) in [6, 6.07) is 17.9. The molecule has 7 heteroatoms. The third-order valence-electron chi connectivity index (χ3n) is 5.57. The van der Waals surface area contributed by atoms with Gasteiger partial charge in [0.25, 0.3) is 0 Å². The highest BCUT2D eigenvalue weighted by molar-refractivity contribution is 5.79. The second-order valence-electron chi connectivity index (χ2n) is 7.70. The summed E-state index contributed by atoms with van der Waals surface area (Å²) in [7, 11) is 0. The molecule has 32 heavy (non-hydrogen) atoms. The summed E-state index contributed by atoms with van der Waals surface area (Å²) >= 11 is 0. The fraction of sp³-hybridized carbons (Fsp3) is 0.200. The first-order valence-electron chi connectivity index (χ1n) is 10.2. The molecular formula is C25H21F2NO4. The van der Waals surface area contributed by atoms with Crippen LogP contribution in [0.2, 0.25) is 0 Å². The van der Waals surface area contributed by atoms with Gasteiger partial charge in [-0.15, -0.1) is 0 Å². The summed E-state index contributed by atoms with van der Waals surface area (Å²) in [4.78, 5) is 23.7. The molecule has 1 amide bonds. The van der Waals surface area contributed by atoms with Crippen LogP contribution in [0.5, 0.6) is 0 Å². The molecule has 3 aromatic rings. The van der Waals surface area contributed by atoms with Gasteiger partial charge in [-0.25, -0.2) is 13.6 Å². The first kappa shape index (κ1) is 21.5. The van der Waals surface area contributed by atoms with E-state index in [-0.39, 0.29) is 24.5 Å². The number of nitrogens with one attached hydrogen (secondary N) is 1. The molecule has 4 rings (SSSR count). The number of carboxylic acids is 1. The number of hydrogen-bond donors (Lipinski definition) is 2. The maximum absolute atomic E-state index is 14.0. The predicted octanol–water partition coefficient (Wildman–Crippen LogP) is 4.89. The Hall–Kier alpha value is -3.74. The lowest BCUT2D eigenvalue weighted by Gasteiger charge is -2.19. The molecule has 0 bridgehead atoms. The number of amides is 1. The van der Waals surface area contributed by atoms with Gasteiger partial charge in [0.1, 0.15) is 18.2 Å². The van der Waals surface area contributed by atoms with Gasteiger partial charge in [0.05, 0.1) is 6.42 Å². The molecule has 1 atom stereocenters. The fourth-order valence-corrected chi connectivity index (χ4v) is 4.14. The number of aliphatic carboxylic acids is 1. The van der Waals surface area contributed by atoms with Crippen molar-refractivity contribution in [1.29, 1.82) is 0 Å². The Kier molecular flexibility index (Phi) is 6.16. The minimum Gasteiger partial charge on any atom is -0.481 e. The Morgan fingerprint density at radius 3 is 2.19 bits per heavy atom. The van der Waals surface area contributed by atoms with Crippen LogP contribution in [-0.4, -0.2) is 29.8 Å². The third-order valence-corrected chi connectivity index (χ3v) is 5.57. The number of hydrogen-bond acceptors (Lipinski definition) is 3. The minimum absolute atomic E-state index is 0.0740. The van der Waals surface area contributed by atoms with Crippen molar-refractivity contribution in [2.75, 3.05) is 6.61 Å². The van der Waals surface area contributed by atoms with Gasteiger partial charge >= 0.3 is 12.1 Å². The number of halogens is 2. The molecule has 0 aliphatic heterocycles. The number of rotatable bonds is 7. The Morgan fingerprint density at radius 2 is 1.59 bits per heavy atom. The van der Waals surface area contributed by atoms with E-state index in [9.17, 15) is 18.4 Å². The molecule has 0 spiro atoms. The highest BCUT2D eigenvalue weighted by atomic mass is 19.1. The molecule has 1 aliphatic rings. The van der Waals surface area contributed by atoms with E-state index in [2.05, 4.69) is 5.32 Å². The molecule has 5 nitrogen and oxygen atoms in total. The highest BCUT2D eigenvalue weighted by Crippen LogP contribution is 2.44. The van der Waals surface area contributed by atoms with E-state index in [1.165, 1.54) is 6.07 Å². The lowest BCUT2D eigenvalue weighted by Crippen LogP contribution is -2.39. The van der Waals surface area contributed by atoms with Crippen molar-refractivity contribution in [3.63, 3.8) is 0 Å². The first-order chi connectivity index (χ1) is 15.4. The normalized spacial score (nSPS) is 13.2. The van der Waals surface area contributed by atoms with E-state index in [4.69, 9.17) is 9.84 Å². The van der Waals surface area contributed by atoms with Crippen LogP contribution in [0.3, 0.4) is 0 Å². The molecule has 2 N–H and O–H groups in total. The standard InChI is InChI=1S/C25H21F2NO4/c26-16-10-9-15(23(27)12-16)11-17(13-24(29)30)28-25(31)32-14-22-20-7-3-1-5-18(20)19-6-2-4-8-21(19)22/h1-10,12,17,22H,11,13-14H2,(H,28,31)(H,29,30)/t17-/m0/s1. The molecule has 164 valence electrons. The second-order valence-corrected chi connectivity index (χ2v) is 7.70. The Morgan fingerprint density at radius 1 is 0.969 bits per heavy atom. The van der Waals surface area contributed by atoms with E-state index in [0.29, 0.717) is 0 Å². The molecule has 0 radical (unpaired) electrons. The van der Waals surface area contributed by atoms with Crippen molar-refractivity contribution in [3.05, 3.63) is 95.1 Å². The van der Waals surface area contributed by atoms with Crippen LogP contribution < -0.4 is 5.32 Å². The summed E-state index contributed by atoms with van der Waals surface area (Å²) in [5.41, 5.74) is 4.39. The smallest absolute Gasteiger partial charge is 0.407 e. The molecule has 0 unspecified atom stereocenters. The van der Waals surface area contributed by atoms with Gasteiger partial charge in [0.15, 0.2) is 0 Å². The molecule has 0 saturated heterocycles. The first-order valence-corrected chi connectivity index (χ1v) is 10.2. The van der Waals surface area contributed by atoms with Crippen LogP contribution in [0.4, 0.5) is 13.6 Å². The van der Waals surface area contributed by atoms with Crippen LogP contribution >= 0.6 is 0 Å². The molecular weight excluding hydrogens is 416 g/mol. The lowest BCUT2D eigenvalue weighted by molar-refractivity contribution is -0.137. The van der Waals surface area contributed by atoms with Gasteiger partial charge in [-0.3, -0.25) is 4.79 Å². The zero-order valence-corrected chi connectivity index (χ0v) is 17.1. The Bertz CT molecular complexity index is 1120.